The number of rotatable bonds is 6. The zero-order chi connectivity index (χ0) is 16.6. The van der Waals surface area contributed by atoms with Crippen LogP contribution in [-0.2, 0) is 9.47 Å². The van der Waals surface area contributed by atoms with E-state index in [-0.39, 0.29) is 25.9 Å². The van der Waals surface area contributed by atoms with Gasteiger partial charge in [-0.1, -0.05) is 19.6 Å². The predicted octanol–water partition coefficient (Wildman–Crippen LogP) is 5.10. The number of halogens is 6. The quantitative estimate of drug-likeness (QED) is 0.288. The van der Waals surface area contributed by atoms with Crippen molar-refractivity contribution < 1.29 is 35.8 Å². The molecule has 136 valence electrons. The Kier molecular flexibility index (Phi) is 6.18. The van der Waals surface area contributed by atoms with Crippen molar-refractivity contribution in [3.63, 3.8) is 0 Å². The van der Waals surface area contributed by atoms with Crippen LogP contribution in [-0.4, -0.2) is 31.4 Å². The molecule has 3 unspecified atom stereocenters. The number of hydrogen-bond donors (Lipinski definition) is 0. The lowest BCUT2D eigenvalue weighted by atomic mass is 9.81. The minimum Gasteiger partial charge on any atom is -0.356 e. The fourth-order valence-electron chi connectivity index (χ4n) is 3.34. The van der Waals surface area contributed by atoms with Gasteiger partial charge in [-0.15, -0.1) is 0 Å². The molecule has 2 aliphatic rings. The average Bonchev–Trinajstić information content (AvgIpc) is 2.97. The Morgan fingerprint density at radius 3 is 2.00 bits per heavy atom. The zero-order valence-corrected chi connectivity index (χ0v) is 12.0. The minimum absolute atomic E-state index is 0. The van der Waals surface area contributed by atoms with Gasteiger partial charge < -0.3 is 9.47 Å². The number of allylic oxidation sites excluding steroid dienone is 2. The van der Waals surface area contributed by atoms with Crippen LogP contribution in [0.1, 0.15) is 33.6 Å². The molecule has 1 fully saturated rings. The molecule has 0 aliphatic heterocycles. The van der Waals surface area contributed by atoms with Crippen molar-refractivity contribution in [3.8, 4) is 0 Å². The summed E-state index contributed by atoms with van der Waals surface area (Å²) in [5.41, 5.74) is -4.17. The van der Waals surface area contributed by atoms with E-state index in [9.17, 15) is 26.3 Å². The Bertz CT molecular complexity index is 401. The van der Waals surface area contributed by atoms with E-state index in [1.165, 1.54) is 6.92 Å². The molecule has 0 spiro atoms. The van der Waals surface area contributed by atoms with Gasteiger partial charge in [-0.3, -0.25) is 0 Å². The van der Waals surface area contributed by atoms with Gasteiger partial charge >= 0.3 is 12.4 Å². The summed E-state index contributed by atoms with van der Waals surface area (Å²) in [6, 6.07) is 0. The first-order valence-electron chi connectivity index (χ1n) is 7.14. The summed E-state index contributed by atoms with van der Waals surface area (Å²) in [6.07, 6.45) is -7.65. The zero-order valence-electron chi connectivity index (χ0n) is 12.0. The third-order valence-corrected chi connectivity index (χ3v) is 4.47. The van der Waals surface area contributed by atoms with Gasteiger partial charge in [0.2, 0.25) is 0 Å². The second kappa shape index (κ2) is 7.01. The second-order valence-corrected chi connectivity index (χ2v) is 5.82. The van der Waals surface area contributed by atoms with Crippen LogP contribution in [0.5, 0.6) is 0 Å². The average molecular weight is 348 g/mol. The Balaban J connectivity index is 0.00000264. The van der Waals surface area contributed by atoms with Crippen LogP contribution in [0.25, 0.3) is 0 Å². The van der Waals surface area contributed by atoms with Gasteiger partial charge in [-0.2, -0.15) is 26.3 Å². The van der Waals surface area contributed by atoms with Crippen molar-refractivity contribution in [1.82, 2.24) is 0 Å². The molecule has 1 saturated carbocycles. The topological polar surface area (TPSA) is 18.5 Å². The minimum atomic E-state index is -5.55. The standard InChI is InChI=1S/C14H18F6O2.CH4/c1-2-21-8-22-12(13(15,16)17,14(18,19)20)7-11-6-9-3-4-10(11)5-9;/h3-4,9-11H,2,5-8H2,1H3;1H4. The van der Waals surface area contributed by atoms with Gasteiger partial charge in [0.15, 0.2) is 0 Å². The van der Waals surface area contributed by atoms with Crippen molar-refractivity contribution in [2.45, 2.75) is 51.6 Å². The largest absolute Gasteiger partial charge is 0.426 e. The molecule has 2 nitrogen and oxygen atoms in total. The SMILES string of the molecule is C.CCOCOC(CC1CC2C=CC1C2)(C(F)(F)F)C(F)(F)F. The van der Waals surface area contributed by atoms with E-state index in [0.717, 1.165) is 0 Å². The Morgan fingerprint density at radius 2 is 1.61 bits per heavy atom. The molecule has 0 aromatic rings. The monoisotopic (exact) mass is 348 g/mol. The summed E-state index contributed by atoms with van der Waals surface area (Å²) in [4.78, 5) is 0. The maximum atomic E-state index is 13.3. The van der Waals surface area contributed by atoms with Gasteiger partial charge in [0.25, 0.3) is 5.60 Å². The normalized spacial score (nSPS) is 27.3. The summed E-state index contributed by atoms with van der Waals surface area (Å²) in [5.74, 6) is -0.828. The lowest BCUT2D eigenvalue weighted by molar-refractivity contribution is -0.397. The highest BCUT2D eigenvalue weighted by Gasteiger charge is 2.73. The molecule has 0 saturated heterocycles. The molecule has 8 heteroatoms. The highest BCUT2D eigenvalue weighted by Crippen LogP contribution is 2.54. The summed E-state index contributed by atoms with van der Waals surface area (Å²) >= 11 is 0. The van der Waals surface area contributed by atoms with E-state index < -0.39 is 37.1 Å². The molecule has 2 bridgehead atoms. The van der Waals surface area contributed by atoms with Gasteiger partial charge in [0.05, 0.1) is 0 Å². The van der Waals surface area contributed by atoms with Crippen LogP contribution in [0.3, 0.4) is 0 Å². The molecular weight excluding hydrogens is 326 g/mol. The van der Waals surface area contributed by atoms with E-state index >= 15 is 0 Å². The van der Waals surface area contributed by atoms with Crippen LogP contribution in [0.2, 0.25) is 0 Å². The van der Waals surface area contributed by atoms with Crippen molar-refractivity contribution in [2.24, 2.45) is 17.8 Å². The fraction of sp³-hybridized carbons (Fsp3) is 0.867. The second-order valence-electron chi connectivity index (χ2n) is 5.82. The molecule has 0 aromatic carbocycles. The van der Waals surface area contributed by atoms with Crippen LogP contribution in [0.4, 0.5) is 26.3 Å². The molecule has 0 amide bonds. The van der Waals surface area contributed by atoms with Crippen LogP contribution < -0.4 is 0 Å². The maximum absolute atomic E-state index is 13.3. The van der Waals surface area contributed by atoms with Gasteiger partial charge in [-0.05, 0) is 43.9 Å². The molecule has 0 heterocycles. The third kappa shape index (κ3) is 3.84. The Morgan fingerprint density at radius 1 is 1.00 bits per heavy atom. The summed E-state index contributed by atoms with van der Waals surface area (Å²) in [5, 5.41) is 0. The fourth-order valence-corrected chi connectivity index (χ4v) is 3.34. The maximum Gasteiger partial charge on any atom is 0.426 e. The molecule has 2 aliphatic carbocycles. The van der Waals surface area contributed by atoms with E-state index in [2.05, 4.69) is 9.47 Å². The van der Waals surface area contributed by atoms with Crippen LogP contribution >= 0.6 is 0 Å². The van der Waals surface area contributed by atoms with Gasteiger partial charge in [-0.25, -0.2) is 0 Å². The third-order valence-electron chi connectivity index (χ3n) is 4.47. The molecule has 0 radical (unpaired) electrons. The van der Waals surface area contributed by atoms with Gasteiger partial charge in [0, 0.05) is 6.61 Å². The number of fused-ring (bicyclic) bond motifs is 2. The molecule has 23 heavy (non-hydrogen) atoms. The van der Waals surface area contributed by atoms with Crippen molar-refractivity contribution in [2.75, 3.05) is 13.4 Å². The molecule has 0 aromatic heterocycles. The lowest BCUT2D eigenvalue weighted by Gasteiger charge is -2.39. The number of ether oxygens (including phenoxy) is 2. The molecule has 0 N–H and O–H groups in total. The van der Waals surface area contributed by atoms with Crippen molar-refractivity contribution in [3.05, 3.63) is 12.2 Å². The number of alkyl halides is 6. The number of hydrogen-bond acceptors (Lipinski definition) is 2. The predicted molar refractivity (Wildman–Crippen MR) is 72.6 cm³/mol. The van der Waals surface area contributed by atoms with E-state index in [1.807, 2.05) is 6.08 Å². The first-order valence-corrected chi connectivity index (χ1v) is 7.14. The highest BCUT2D eigenvalue weighted by atomic mass is 19.4. The first-order chi connectivity index (χ1) is 10.1. The van der Waals surface area contributed by atoms with Crippen molar-refractivity contribution >= 4 is 0 Å². The Labute approximate surface area is 131 Å². The highest BCUT2D eigenvalue weighted by molar-refractivity contribution is 5.12. The first kappa shape index (κ1) is 20.3. The van der Waals surface area contributed by atoms with Crippen LogP contribution in [0.15, 0.2) is 12.2 Å². The lowest BCUT2D eigenvalue weighted by Crippen LogP contribution is -2.60. The van der Waals surface area contributed by atoms with Crippen molar-refractivity contribution in [1.29, 1.82) is 0 Å². The van der Waals surface area contributed by atoms with E-state index in [4.69, 9.17) is 0 Å². The smallest absolute Gasteiger partial charge is 0.356 e. The van der Waals surface area contributed by atoms with Gasteiger partial charge in [0.1, 0.15) is 6.79 Å². The summed E-state index contributed by atoms with van der Waals surface area (Å²) in [6.45, 7) is 0.405. The van der Waals surface area contributed by atoms with Crippen LogP contribution in [0, 0.1) is 17.8 Å². The summed E-state index contributed by atoms with van der Waals surface area (Å²) < 4.78 is 88.5. The van der Waals surface area contributed by atoms with E-state index in [1.54, 1.807) is 6.08 Å². The summed E-state index contributed by atoms with van der Waals surface area (Å²) in [7, 11) is 0. The molecule has 3 atom stereocenters. The Hall–Kier alpha value is -0.760. The van der Waals surface area contributed by atoms with E-state index in [0.29, 0.717) is 12.8 Å². The molecule has 2 rings (SSSR count). The molecular formula is C15H22F6O2.